The van der Waals surface area contributed by atoms with E-state index >= 15 is 0 Å². The van der Waals surface area contributed by atoms with Gasteiger partial charge < -0.3 is 11.6 Å². The van der Waals surface area contributed by atoms with Crippen LogP contribution in [0.25, 0.3) is 0 Å². The summed E-state index contributed by atoms with van der Waals surface area (Å²) in [5, 5.41) is 4.57. The predicted octanol–water partition coefficient (Wildman–Crippen LogP) is 2.12. The highest BCUT2D eigenvalue weighted by Gasteiger charge is 2.09. The van der Waals surface area contributed by atoms with Crippen LogP contribution in [0.2, 0.25) is 10.2 Å². The maximum Gasteiger partial charge on any atom is 0.177 e. The number of halogens is 2. The molecule has 0 spiro atoms. The van der Waals surface area contributed by atoms with Gasteiger partial charge in [0.25, 0.3) is 0 Å². The molecule has 0 saturated heterocycles. The number of nitrogens with zero attached hydrogens (tertiary/aromatic N) is 2. The molecule has 0 fully saturated rings. The number of hydrazone groups is 1. The highest BCUT2D eigenvalue weighted by Crippen LogP contribution is 2.27. The molecule has 82 valence electrons. The van der Waals surface area contributed by atoms with Gasteiger partial charge in [-0.25, -0.2) is 4.98 Å². The standard InChI is InChI=1S/C8H10Cl2N4S/c1-4-2-6(9)5(7(10)13-4)3-15-8(11)14-12/h2H,3,12H2,1H3,(H2,11,14). The lowest BCUT2D eigenvalue weighted by molar-refractivity contribution is 1.16. The first-order valence-electron chi connectivity index (χ1n) is 4.02. The number of thioether (sulfide) groups is 1. The minimum atomic E-state index is 0.280. The summed E-state index contributed by atoms with van der Waals surface area (Å²) < 4.78 is 0. The second-order valence-electron chi connectivity index (χ2n) is 2.77. The molecule has 0 aromatic carbocycles. The Kier molecular flexibility index (Phi) is 4.50. The van der Waals surface area contributed by atoms with E-state index in [1.165, 1.54) is 11.8 Å². The van der Waals surface area contributed by atoms with Crippen molar-refractivity contribution in [2.24, 2.45) is 16.7 Å². The largest absolute Gasteiger partial charge is 0.377 e. The summed E-state index contributed by atoms with van der Waals surface area (Å²) in [6.07, 6.45) is 0. The Hall–Kier alpha value is -0.650. The quantitative estimate of drug-likeness (QED) is 0.282. The van der Waals surface area contributed by atoms with Crippen molar-refractivity contribution in [1.29, 1.82) is 0 Å². The summed E-state index contributed by atoms with van der Waals surface area (Å²) in [5.41, 5.74) is 6.95. The molecule has 0 radical (unpaired) electrons. The minimum absolute atomic E-state index is 0.280. The third-order valence-corrected chi connectivity index (χ3v) is 3.12. The van der Waals surface area contributed by atoms with Gasteiger partial charge in [-0.15, -0.1) is 0 Å². The topological polar surface area (TPSA) is 77.3 Å². The first-order chi connectivity index (χ1) is 7.04. The smallest absolute Gasteiger partial charge is 0.177 e. The molecule has 4 nitrogen and oxygen atoms in total. The third kappa shape index (κ3) is 3.44. The van der Waals surface area contributed by atoms with E-state index in [2.05, 4.69) is 10.1 Å². The summed E-state index contributed by atoms with van der Waals surface area (Å²) in [5.74, 6) is 5.49. The zero-order valence-corrected chi connectivity index (χ0v) is 10.3. The summed E-state index contributed by atoms with van der Waals surface area (Å²) in [6.45, 7) is 1.82. The lowest BCUT2D eigenvalue weighted by atomic mass is 10.3. The third-order valence-electron chi connectivity index (χ3n) is 1.64. The van der Waals surface area contributed by atoms with Crippen molar-refractivity contribution < 1.29 is 0 Å². The van der Waals surface area contributed by atoms with Crippen molar-refractivity contribution in [2.45, 2.75) is 12.7 Å². The Balaban J connectivity index is 2.86. The zero-order chi connectivity index (χ0) is 11.4. The van der Waals surface area contributed by atoms with Crippen molar-refractivity contribution in [1.82, 2.24) is 4.98 Å². The van der Waals surface area contributed by atoms with Crippen molar-refractivity contribution >= 4 is 40.1 Å². The van der Waals surface area contributed by atoms with Crippen molar-refractivity contribution in [2.75, 3.05) is 0 Å². The van der Waals surface area contributed by atoms with Crippen LogP contribution in [0.5, 0.6) is 0 Å². The van der Waals surface area contributed by atoms with Gasteiger partial charge in [0.05, 0.1) is 0 Å². The lowest BCUT2D eigenvalue weighted by Gasteiger charge is -2.06. The predicted molar refractivity (Wildman–Crippen MR) is 66.1 cm³/mol. The maximum atomic E-state index is 6.01. The fourth-order valence-corrected chi connectivity index (χ4v) is 2.42. The number of aryl methyl sites for hydroxylation is 1. The molecular formula is C8H10Cl2N4S. The number of aromatic nitrogens is 1. The Labute approximate surface area is 102 Å². The molecule has 0 aliphatic rings. The summed E-state index contributed by atoms with van der Waals surface area (Å²) >= 11 is 13.2. The number of pyridine rings is 1. The van der Waals surface area contributed by atoms with E-state index < -0.39 is 0 Å². The molecule has 0 saturated carbocycles. The van der Waals surface area contributed by atoms with E-state index in [1.54, 1.807) is 6.07 Å². The molecule has 7 heteroatoms. The van der Waals surface area contributed by atoms with Gasteiger partial charge in [-0.3, -0.25) is 0 Å². The summed E-state index contributed by atoms with van der Waals surface area (Å²) in [4.78, 5) is 4.09. The van der Waals surface area contributed by atoms with Gasteiger partial charge in [-0.1, -0.05) is 35.0 Å². The summed E-state index contributed by atoms with van der Waals surface area (Å²) in [6, 6.07) is 1.75. The molecule has 4 N–H and O–H groups in total. The van der Waals surface area contributed by atoms with Crippen LogP contribution in [0.3, 0.4) is 0 Å². The highest BCUT2D eigenvalue weighted by atomic mass is 35.5. The number of amidine groups is 1. The van der Waals surface area contributed by atoms with Crippen molar-refractivity contribution in [3.05, 3.63) is 27.5 Å². The van der Waals surface area contributed by atoms with E-state index in [0.29, 0.717) is 15.9 Å². The van der Waals surface area contributed by atoms with E-state index in [4.69, 9.17) is 34.8 Å². The van der Waals surface area contributed by atoms with Crippen molar-refractivity contribution in [3.8, 4) is 0 Å². The average molecular weight is 265 g/mol. The van der Waals surface area contributed by atoms with Crippen LogP contribution in [0.15, 0.2) is 11.2 Å². The second-order valence-corrected chi connectivity index (χ2v) is 4.53. The monoisotopic (exact) mass is 264 g/mol. The molecule has 1 rings (SSSR count). The Morgan fingerprint density at radius 1 is 1.60 bits per heavy atom. The van der Waals surface area contributed by atoms with E-state index in [-0.39, 0.29) is 5.17 Å². The van der Waals surface area contributed by atoms with Gasteiger partial charge in [0.2, 0.25) is 0 Å². The van der Waals surface area contributed by atoms with Crippen LogP contribution in [0.4, 0.5) is 0 Å². The molecule has 1 heterocycles. The molecule has 1 aromatic heterocycles. The van der Waals surface area contributed by atoms with Crippen LogP contribution in [-0.2, 0) is 5.75 Å². The lowest BCUT2D eigenvalue weighted by Crippen LogP contribution is -2.09. The van der Waals surface area contributed by atoms with Gasteiger partial charge in [-0.05, 0) is 13.0 Å². The number of rotatable bonds is 2. The molecule has 0 amide bonds. The second kappa shape index (κ2) is 5.44. The van der Waals surface area contributed by atoms with Crippen LogP contribution in [-0.4, -0.2) is 10.2 Å². The van der Waals surface area contributed by atoms with Crippen LogP contribution in [0.1, 0.15) is 11.3 Å². The summed E-state index contributed by atoms with van der Waals surface area (Å²) in [7, 11) is 0. The number of nitrogens with two attached hydrogens (primary N) is 2. The highest BCUT2D eigenvalue weighted by molar-refractivity contribution is 8.13. The van der Waals surface area contributed by atoms with E-state index in [9.17, 15) is 0 Å². The van der Waals surface area contributed by atoms with Crippen LogP contribution < -0.4 is 11.6 Å². The zero-order valence-electron chi connectivity index (χ0n) is 8.00. The fraction of sp³-hybridized carbons (Fsp3) is 0.250. The van der Waals surface area contributed by atoms with Gasteiger partial charge in [-0.2, -0.15) is 5.10 Å². The van der Waals surface area contributed by atoms with E-state index in [1.807, 2.05) is 6.92 Å². The fourth-order valence-electron chi connectivity index (χ4n) is 0.936. The van der Waals surface area contributed by atoms with Gasteiger partial charge in [0.1, 0.15) is 5.15 Å². The van der Waals surface area contributed by atoms with Gasteiger partial charge in [0, 0.05) is 22.0 Å². The molecule has 0 bridgehead atoms. The minimum Gasteiger partial charge on any atom is -0.377 e. The molecular weight excluding hydrogens is 255 g/mol. The van der Waals surface area contributed by atoms with Crippen LogP contribution >= 0.6 is 35.0 Å². The van der Waals surface area contributed by atoms with Gasteiger partial charge in [0.15, 0.2) is 5.17 Å². The SMILES string of the molecule is Cc1cc(Cl)c(CSC(N)=NN)c(Cl)n1. The maximum absolute atomic E-state index is 6.01. The molecule has 0 aliphatic heterocycles. The molecule has 0 unspecified atom stereocenters. The molecule has 1 aromatic rings. The number of hydrogen-bond donors (Lipinski definition) is 2. The van der Waals surface area contributed by atoms with Gasteiger partial charge >= 0.3 is 0 Å². The number of hydrogen-bond acceptors (Lipinski definition) is 4. The van der Waals surface area contributed by atoms with Crippen molar-refractivity contribution in [3.63, 3.8) is 0 Å². The first-order valence-corrected chi connectivity index (χ1v) is 5.76. The van der Waals surface area contributed by atoms with Crippen LogP contribution in [0, 0.1) is 6.92 Å². The Morgan fingerprint density at radius 3 is 2.80 bits per heavy atom. The molecule has 0 atom stereocenters. The normalized spacial score (nSPS) is 11.8. The average Bonchev–Trinajstić information content (AvgIpc) is 2.15. The first kappa shape index (κ1) is 12.4. The molecule has 0 aliphatic carbocycles. The Morgan fingerprint density at radius 2 is 2.27 bits per heavy atom. The Bertz CT molecular complexity index is 371. The van der Waals surface area contributed by atoms with E-state index in [0.717, 1.165) is 11.3 Å². The molecule has 15 heavy (non-hydrogen) atoms.